The lowest BCUT2D eigenvalue weighted by Gasteiger charge is -2.42. The maximum Gasteiger partial charge on any atom is 0.321 e. The van der Waals surface area contributed by atoms with Gasteiger partial charge in [0.05, 0.1) is 12.5 Å². The van der Waals surface area contributed by atoms with Crippen molar-refractivity contribution in [3.8, 4) is 0 Å². The van der Waals surface area contributed by atoms with Crippen LogP contribution in [0.4, 0.5) is 13.6 Å². The molecule has 2 rings (SSSR count). The van der Waals surface area contributed by atoms with Crippen molar-refractivity contribution in [1.29, 1.82) is 0 Å². The predicted molar refractivity (Wildman–Crippen MR) is 67.3 cm³/mol. The fourth-order valence-electron chi connectivity index (χ4n) is 2.65. The average molecular weight is 288 g/mol. The van der Waals surface area contributed by atoms with Crippen molar-refractivity contribution in [3.05, 3.63) is 11.8 Å². The van der Waals surface area contributed by atoms with Gasteiger partial charge >= 0.3 is 12.0 Å². The summed E-state index contributed by atoms with van der Waals surface area (Å²) in [6.45, 7) is 1.92. The number of hydrogen-bond donors (Lipinski definition) is 2. The van der Waals surface area contributed by atoms with Gasteiger partial charge in [0.25, 0.3) is 0 Å². The van der Waals surface area contributed by atoms with Crippen LogP contribution >= 0.6 is 0 Å². The summed E-state index contributed by atoms with van der Waals surface area (Å²) in [5.41, 5.74) is 0.781. The Morgan fingerprint density at radius 3 is 2.70 bits per heavy atom. The summed E-state index contributed by atoms with van der Waals surface area (Å²) in [5.74, 6) is -3.85. The normalized spacial score (nSPS) is 25.8. The first-order valence-corrected chi connectivity index (χ1v) is 6.71. The first-order chi connectivity index (χ1) is 9.32. The van der Waals surface area contributed by atoms with Crippen LogP contribution in [0.2, 0.25) is 0 Å². The van der Waals surface area contributed by atoms with Gasteiger partial charge in [0.15, 0.2) is 0 Å². The third-order valence-electron chi connectivity index (χ3n) is 3.80. The van der Waals surface area contributed by atoms with Crippen LogP contribution in [-0.2, 0) is 4.79 Å². The van der Waals surface area contributed by atoms with E-state index in [-0.39, 0.29) is 43.8 Å². The van der Waals surface area contributed by atoms with E-state index >= 15 is 0 Å². The molecule has 1 fully saturated rings. The van der Waals surface area contributed by atoms with Crippen LogP contribution in [-0.4, -0.2) is 40.5 Å². The van der Waals surface area contributed by atoms with Crippen molar-refractivity contribution in [2.45, 2.75) is 44.6 Å². The van der Waals surface area contributed by atoms with Crippen LogP contribution in [0.5, 0.6) is 0 Å². The molecule has 0 bridgehead atoms. The van der Waals surface area contributed by atoms with Crippen molar-refractivity contribution in [3.63, 3.8) is 0 Å². The minimum atomic E-state index is -2.61. The number of nitrogens with one attached hydrogen (secondary N) is 1. The highest BCUT2D eigenvalue weighted by Gasteiger charge is 2.48. The van der Waals surface area contributed by atoms with Crippen LogP contribution < -0.4 is 5.32 Å². The monoisotopic (exact) mass is 288 g/mol. The number of carbonyl (C=O) groups is 2. The SMILES string of the molecule is CCC1NC(=O)N(CCC(=O)O)C=C1C1CC(F)(F)C1. The molecule has 0 saturated heterocycles. The van der Waals surface area contributed by atoms with E-state index in [9.17, 15) is 18.4 Å². The summed E-state index contributed by atoms with van der Waals surface area (Å²) < 4.78 is 26.0. The fourth-order valence-corrected chi connectivity index (χ4v) is 2.65. The number of carbonyl (C=O) groups excluding carboxylic acids is 1. The Hall–Kier alpha value is -1.66. The van der Waals surface area contributed by atoms with Gasteiger partial charge in [-0.15, -0.1) is 0 Å². The summed E-state index contributed by atoms with van der Waals surface area (Å²) in [6.07, 6.45) is 1.63. The van der Waals surface area contributed by atoms with Gasteiger partial charge in [0, 0.05) is 25.6 Å². The first-order valence-electron chi connectivity index (χ1n) is 6.71. The highest BCUT2D eigenvalue weighted by atomic mass is 19.3. The summed E-state index contributed by atoms with van der Waals surface area (Å²) in [5, 5.41) is 11.4. The first kappa shape index (κ1) is 14.7. The largest absolute Gasteiger partial charge is 0.481 e. The molecule has 1 heterocycles. The summed E-state index contributed by atoms with van der Waals surface area (Å²) in [7, 11) is 0. The molecule has 5 nitrogen and oxygen atoms in total. The lowest BCUT2D eigenvalue weighted by molar-refractivity contribution is -0.137. The maximum absolute atomic E-state index is 13.0. The Balaban J connectivity index is 2.10. The lowest BCUT2D eigenvalue weighted by atomic mass is 9.73. The number of rotatable bonds is 5. The zero-order chi connectivity index (χ0) is 14.9. The number of aliphatic carboxylic acids is 1. The Morgan fingerprint density at radius 2 is 2.20 bits per heavy atom. The second-order valence-corrected chi connectivity index (χ2v) is 5.34. The summed E-state index contributed by atoms with van der Waals surface area (Å²) in [6, 6.07) is -0.599. The van der Waals surface area contributed by atoms with E-state index < -0.39 is 11.9 Å². The van der Waals surface area contributed by atoms with Crippen LogP contribution in [0.3, 0.4) is 0 Å². The number of carboxylic acids is 1. The minimum absolute atomic E-state index is 0.0458. The van der Waals surface area contributed by atoms with E-state index in [1.165, 1.54) is 4.90 Å². The van der Waals surface area contributed by atoms with E-state index in [4.69, 9.17) is 5.11 Å². The number of nitrogens with zero attached hydrogens (tertiary/aromatic N) is 1. The summed E-state index contributed by atoms with van der Waals surface area (Å²) in [4.78, 5) is 23.6. The Labute approximate surface area is 115 Å². The van der Waals surface area contributed by atoms with E-state index in [2.05, 4.69) is 5.32 Å². The lowest BCUT2D eigenvalue weighted by Crippen LogP contribution is -2.52. The van der Waals surface area contributed by atoms with Gasteiger partial charge in [-0.05, 0) is 17.9 Å². The number of urea groups is 1. The van der Waals surface area contributed by atoms with E-state index in [1.54, 1.807) is 6.20 Å². The Bertz CT molecular complexity index is 443. The predicted octanol–water partition coefficient (Wildman–Crippen LogP) is 2.19. The molecule has 2 N–H and O–H groups in total. The third-order valence-corrected chi connectivity index (χ3v) is 3.80. The number of amides is 2. The van der Waals surface area contributed by atoms with E-state index in [0.717, 1.165) is 5.57 Å². The molecule has 1 unspecified atom stereocenters. The molecule has 112 valence electrons. The third kappa shape index (κ3) is 3.08. The van der Waals surface area contributed by atoms with Crippen LogP contribution in [0.25, 0.3) is 0 Å². The number of alkyl halides is 2. The van der Waals surface area contributed by atoms with Gasteiger partial charge in [-0.2, -0.15) is 0 Å². The zero-order valence-electron chi connectivity index (χ0n) is 11.2. The fraction of sp³-hybridized carbons (Fsp3) is 0.692. The molecule has 2 amide bonds. The van der Waals surface area contributed by atoms with Gasteiger partial charge in [-0.3, -0.25) is 4.79 Å². The molecule has 2 aliphatic rings. The van der Waals surface area contributed by atoms with Gasteiger partial charge < -0.3 is 15.3 Å². The molecule has 0 aromatic heterocycles. The van der Waals surface area contributed by atoms with Gasteiger partial charge in [0.1, 0.15) is 0 Å². The average Bonchev–Trinajstić information content (AvgIpc) is 2.33. The zero-order valence-corrected chi connectivity index (χ0v) is 11.2. The maximum atomic E-state index is 13.0. The minimum Gasteiger partial charge on any atom is -0.481 e. The molecule has 1 aliphatic heterocycles. The summed E-state index contributed by atoms with van der Waals surface area (Å²) >= 11 is 0. The van der Waals surface area contributed by atoms with E-state index in [1.807, 2.05) is 6.92 Å². The Kier molecular flexibility index (Phi) is 3.96. The van der Waals surface area contributed by atoms with Gasteiger partial charge in [0.2, 0.25) is 5.92 Å². The van der Waals surface area contributed by atoms with Crippen LogP contribution in [0.1, 0.15) is 32.6 Å². The second kappa shape index (κ2) is 5.38. The highest BCUT2D eigenvalue weighted by molar-refractivity contribution is 5.78. The quantitative estimate of drug-likeness (QED) is 0.814. The molecule has 1 atom stereocenters. The number of halogens is 2. The molecular formula is C13H18F2N2O3. The number of carboxylic acid groups (broad SMARTS) is 1. The molecule has 0 radical (unpaired) electrons. The van der Waals surface area contributed by atoms with Crippen molar-refractivity contribution in [2.24, 2.45) is 5.92 Å². The number of hydrogen-bond acceptors (Lipinski definition) is 2. The molecule has 0 aromatic carbocycles. The second-order valence-electron chi connectivity index (χ2n) is 5.34. The molecule has 0 spiro atoms. The van der Waals surface area contributed by atoms with Crippen molar-refractivity contribution < 1.29 is 23.5 Å². The van der Waals surface area contributed by atoms with Crippen molar-refractivity contribution >= 4 is 12.0 Å². The molecule has 20 heavy (non-hydrogen) atoms. The molecule has 7 heteroatoms. The van der Waals surface area contributed by atoms with Gasteiger partial charge in [-0.1, -0.05) is 6.92 Å². The Morgan fingerprint density at radius 1 is 1.55 bits per heavy atom. The molecule has 0 aromatic rings. The van der Waals surface area contributed by atoms with Crippen LogP contribution in [0, 0.1) is 5.92 Å². The van der Waals surface area contributed by atoms with E-state index in [0.29, 0.717) is 6.42 Å². The van der Waals surface area contributed by atoms with Gasteiger partial charge in [-0.25, -0.2) is 13.6 Å². The molecule has 1 saturated carbocycles. The highest BCUT2D eigenvalue weighted by Crippen LogP contribution is 2.47. The smallest absolute Gasteiger partial charge is 0.321 e. The van der Waals surface area contributed by atoms with Crippen molar-refractivity contribution in [2.75, 3.05) is 6.54 Å². The van der Waals surface area contributed by atoms with Crippen molar-refractivity contribution in [1.82, 2.24) is 10.2 Å². The van der Waals surface area contributed by atoms with Crippen LogP contribution in [0.15, 0.2) is 11.8 Å². The molecular weight excluding hydrogens is 270 g/mol. The molecule has 1 aliphatic carbocycles. The standard InChI is InChI=1S/C13H18F2N2O3/c1-2-10-9(8-5-13(14,15)6-8)7-17(12(20)16-10)4-3-11(18)19/h7-8,10H,2-6H2,1H3,(H,16,20)(H,18,19). The topological polar surface area (TPSA) is 69.6 Å².